The molecule has 2 rings (SSSR count). The van der Waals surface area contributed by atoms with Crippen molar-refractivity contribution in [2.75, 3.05) is 19.6 Å². The molecule has 8 heteroatoms. The molecule has 4 N–H and O–H groups in total. The summed E-state index contributed by atoms with van der Waals surface area (Å²) in [5.74, 6) is -0.581. The SMILES string of the molecule is Cl.NCC(=O)NCC(=O)NCCc1csc(-c2ccccc2)n1. The summed E-state index contributed by atoms with van der Waals surface area (Å²) in [5.41, 5.74) is 7.16. The van der Waals surface area contributed by atoms with Crippen LogP contribution < -0.4 is 16.4 Å². The summed E-state index contributed by atoms with van der Waals surface area (Å²) in [6, 6.07) is 9.96. The average Bonchev–Trinajstić information content (AvgIpc) is 3.02. The fraction of sp³-hybridized carbons (Fsp3) is 0.267. The maximum atomic E-state index is 11.5. The molecule has 0 radical (unpaired) electrons. The lowest BCUT2D eigenvalue weighted by Crippen LogP contribution is -2.40. The van der Waals surface area contributed by atoms with Crippen LogP contribution in [0.1, 0.15) is 5.69 Å². The lowest BCUT2D eigenvalue weighted by Gasteiger charge is -2.05. The van der Waals surface area contributed by atoms with Gasteiger partial charge in [-0.25, -0.2) is 4.98 Å². The first-order valence-corrected chi connectivity index (χ1v) is 7.80. The fourth-order valence-corrected chi connectivity index (χ4v) is 2.64. The summed E-state index contributed by atoms with van der Waals surface area (Å²) >= 11 is 1.58. The molecule has 2 amide bonds. The van der Waals surface area contributed by atoms with E-state index in [0.29, 0.717) is 13.0 Å². The van der Waals surface area contributed by atoms with Gasteiger partial charge in [-0.2, -0.15) is 0 Å². The molecule has 1 aromatic heterocycles. The Kier molecular flexibility index (Phi) is 8.25. The first-order chi connectivity index (χ1) is 10.7. The fourth-order valence-electron chi connectivity index (χ4n) is 1.78. The molecule has 1 aromatic carbocycles. The van der Waals surface area contributed by atoms with Gasteiger partial charge >= 0.3 is 0 Å². The van der Waals surface area contributed by atoms with Gasteiger partial charge in [0, 0.05) is 23.9 Å². The van der Waals surface area contributed by atoms with Gasteiger partial charge in [-0.1, -0.05) is 30.3 Å². The van der Waals surface area contributed by atoms with E-state index < -0.39 is 0 Å². The van der Waals surface area contributed by atoms with Gasteiger partial charge in [-0.15, -0.1) is 23.7 Å². The minimum atomic E-state index is -0.345. The summed E-state index contributed by atoms with van der Waals surface area (Å²) in [7, 11) is 0. The van der Waals surface area contributed by atoms with Crippen molar-refractivity contribution in [1.82, 2.24) is 15.6 Å². The van der Waals surface area contributed by atoms with E-state index in [2.05, 4.69) is 15.6 Å². The molecule has 0 atom stereocenters. The Labute approximate surface area is 144 Å². The Hall–Kier alpha value is -1.96. The molecule has 0 saturated carbocycles. The highest BCUT2D eigenvalue weighted by Gasteiger charge is 2.06. The standard InChI is InChI=1S/C15H18N4O2S.ClH/c16-8-13(20)18-9-14(21)17-7-6-12-10-22-15(19-12)11-4-2-1-3-5-11;/h1-5,10H,6-9,16H2,(H,17,21)(H,18,20);1H. The minimum Gasteiger partial charge on any atom is -0.354 e. The van der Waals surface area contributed by atoms with Gasteiger partial charge in [0.1, 0.15) is 5.01 Å². The number of benzene rings is 1. The number of hydrogen-bond acceptors (Lipinski definition) is 5. The number of carbonyl (C=O) groups excluding carboxylic acids is 2. The zero-order chi connectivity index (χ0) is 15.8. The molecule has 0 fully saturated rings. The summed E-state index contributed by atoms with van der Waals surface area (Å²) in [6.45, 7) is 0.312. The number of aromatic nitrogens is 1. The molecule has 0 aliphatic carbocycles. The van der Waals surface area contributed by atoms with Crippen molar-refractivity contribution >= 4 is 35.6 Å². The van der Waals surface area contributed by atoms with Crippen LogP contribution in [0.25, 0.3) is 10.6 Å². The smallest absolute Gasteiger partial charge is 0.239 e. The van der Waals surface area contributed by atoms with Crippen molar-refractivity contribution in [1.29, 1.82) is 0 Å². The van der Waals surface area contributed by atoms with Crippen LogP contribution in [0.2, 0.25) is 0 Å². The van der Waals surface area contributed by atoms with E-state index in [9.17, 15) is 9.59 Å². The minimum absolute atomic E-state index is 0. The van der Waals surface area contributed by atoms with Crippen molar-refractivity contribution in [2.24, 2.45) is 5.73 Å². The highest BCUT2D eigenvalue weighted by atomic mass is 35.5. The van der Waals surface area contributed by atoms with Crippen molar-refractivity contribution < 1.29 is 9.59 Å². The Morgan fingerprint density at radius 3 is 2.57 bits per heavy atom. The molecule has 0 aliphatic rings. The zero-order valence-electron chi connectivity index (χ0n) is 12.5. The maximum Gasteiger partial charge on any atom is 0.239 e. The number of hydrogen-bond donors (Lipinski definition) is 3. The molecule has 0 unspecified atom stereocenters. The van der Waals surface area contributed by atoms with E-state index in [1.54, 1.807) is 11.3 Å². The summed E-state index contributed by atoms with van der Waals surface area (Å²) < 4.78 is 0. The molecule has 0 saturated heterocycles. The largest absolute Gasteiger partial charge is 0.354 e. The van der Waals surface area contributed by atoms with Gasteiger partial charge in [0.2, 0.25) is 11.8 Å². The van der Waals surface area contributed by atoms with Crippen molar-refractivity contribution in [3.63, 3.8) is 0 Å². The molecular formula is C15H19ClN4O2S. The van der Waals surface area contributed by atoms with Gasteiger partial charge < -0.3 is 16.4 Å². The third-order valence-corrected chi connectivity index (χ3v) is 3.85. The van der Waals surface area contributed by atoms with E-state index >= 15 is 0 Å². The molecule has 1 heterocycles. The van der Waals surface area contributed by atoms with Crippen LogP contribution in [-0.4, -0.2) is 36.4 Å². The normalized spacial score (nSPS) is 9.78. The number of nitrogens with two attached hydrogens (primary N) is 1. The van der Waals surface area contributed by atoms with Crippen LogP contribution in [0.5, 0.6) is 0 Å². The Bertz CT molecular complexity index is 633. The van der Waals surface area contributed by atoms with E-state index in [4.69, 9.17) is 5.73 Å². The molecule has 6 nitrogen and oxygen atoms in total. The van der Waals surface area contributed by atoms with E-state index in [-0.39, 0.29) is 37.3 Å². The first-order valence-electron chi connectivity index (χ1n) is 6.92. The zero-order valence-corrected chi connectivity index (χ0v) is 14.1. The van der Waals surface area contributed by atoms with Crippen LogP contribution in [0.15, 0.2) is 35.7 Å². The third-order valence-electron chi connectivity index (χ3n) is 2.91. The molecule has 0 bridgehead atoms. The molecule has 23 heavy (non-hydrogen) atoms. The predicted octanol–water partition coefficient (Wildman–Crippen LogP) is 0.965. The highest BCUT2D eigenvalue weighted by molar-refractivity contribution is 7.13. The van der Waals surface area contributed by atoms with Gasteiger partial charge in [0.05, 0.1) is 18.8 Å². The second-order valence-electron chi connectivity index (χ2n) is 4.59. The topological polar surface area (TPSA) is 97.1 Å². The average molecular weight is 355 g/mol. The van der Waals surface area contributed by atoms with Crippen LogP contribution in [-0.2, 0) is 16.0 Å². The monoisotopic (exact) mass is 354 g/mol. The van der Waals surface area contributed by atoms with Gasteiger partial charge in [-0.05, 0) is 0 Å². The summed E-state index contributed by atoms with van der Waals surface area (Å²) in [5, 5.41) is 8.11. The highest BCUT2D eigenvalue weighted by Crippen LogP contribution is 2.23. The second kappa shape index (κ2) is 9.94. The number of nitrogens with one attached hydrogen (secondary N) is 2. The number of rotatable bonds is 7. The quantitative estimate of drug-likeness (QED) is 0.690. The Morgan fingerprint density at radius 1 is 1.13 bits per heavy atom. The first kappa shape index (κ1) is 19.1. The van der Waals surface area contributed by atoms with Gasteiger partial charge in [0.15, 0.2) is 0 Å². The van der Waals surface area contributed by atoms with Crippen LogP contribution in [0, 0.1) is 0 Å². The van der Waals surface area contributed by atoms with Crippen LogP contribution >= 0.6 is 23.7 Å². The number of amides is 2. The lowest BCUT2D eigenvalue weighted by molar-refractivity contribution is -0.125. The van der Waals surface area contributed by atoms with Crippen molar-refractivity contribution in [3.8, 4) is 10.6 Å². The van der Waals surface area contributed by atoms with Crippen LogP contribution in [0.4, 0.5) is 0 Å². The second-order valence-corrected chi connectivity index (χ2v) is 5.45. The number of carbonyl (C=O) groups is 2. The molecule has 124 valence electrons. The Balaban J connectivity index is 0.00000264. The lowest BCUT2D eigenvalue weighted by atomic mass is 10.2. The van der Waals surface area contributed by atoms with Gasteiger partial charge in [0.25, 0.3) is 0 Å². The Morgan fingerprint density at radius 2 is 1.87 bits per heavy atom. The van der Waals surface area contributed by atoms with Crippen LogP contribution in [0.3, 0.4) is 0 Å². The predicted molar refractivity (Wildman–Crippen MR) is 93.6 cm³/mol. The number of thiazole rings is 1. The van der Waals surface area contributed by atoms with E-state index in [1.807, 2.05) is 35.7 Å². The third kappa shape index (κ3) is 6.35. The maximum absolute atomic E-state index is 11.5. The summed E-state index contributed by atoms with van der Waals surface area (Å²) in [4.78, 5) is 27.0. The van der Waals surface area contributed by atoms with Crippen molar-refractivity contribution in [3.05, 3.63) is 41.4 Å². The molecule has 0 aliphatic heterocycles. The molecular weight excluding hydrogens is 336 g/mol. The van der Waals surface area contributed by atoms with E-state index in [1.165, 1.54) is 0 Å². The van der Waals surface area contributed by atoms with Gasteiger partial charge in [-0.3, -0.25) is 9.59 Å². The molecule has 2 aromatic rings. The summed E-state index contributed by atoms with van der Waals surface area (Å²) in [6.07, 6.45) is 0.653. The van der Waals surface area contributed by atoms with E-state index in [0.717, 1.165) is 16.3 Å². The van der Waals surface area contributed by atoms with Crippen molar-refractivity contribution in [2.45, 2.75) is 6.42 Å². The number of halogens is 1. The molecule has 0 spiro atoms. The number of nitrogens with zero attached hydrogens (tertiary/aromatic N) is 1.